The monoisotopic (exact) mass is 251 g/mol. The van der Waals surface area contributed by atoms with Crippen molar-refractivity contribution >= 4 is 11.4 Å². The van der Waals surface area contributed by atoms with Crippen molar-refractivity contribution in [2.45, 2.75) is 31.7 Å². The molecular formula is C13H15F2N3. The Morgan fingerprint density at radius 3 is 2.72 bits per heavy atom. The Morgan fingerprint density at radius 1 is 1.44 bits per heavy atom. The summed E-state index contributed by atoms with van der Waals surface area (Å²) in [5, 5.41) is 8.64. The SMILES string of the molecule is N#CCCN(c1ccc(N)cc1C(F)F)C1CC1. The zero-order valence-corrected chi connectivity index (χ0v) is 9.94. The van der Waals surface area contributed by atoms with E-state index in [4.69, 9.17) is 11.0 Å². The molecule has 1 fully saturated rings. The Balaban J connectivity index is 2.31. The Kier molecular flexibility index (Phi) is 3.66. The average molecular weight is 251 g/mol. The molecule has 0 saturated heterocycles. The van der Waals surface area contributed by atoms with Crippen LogP contribution in [0.4, 0.5) is 20.2 Å². The van der Waals surface area contributed by atoms with Gasteiger partial charge in [0.25, 0.3) is 6.43 Å². The molecule has 3 nitrogen and oxygen atoms in total. The summed E-state index contributed by atoms with van der Waals surface area (Å²) in [5.74, 6) is 0. The standard InChI is InChI=1S/C13H15F2N3/c14-13(15)11-8-9(17)2-5-12(11)18(7-1-6-16)10-3-4-10/h2,5,8,10,13H,1,3-4,7,17H2. The predicted molar refractivity (Wildman–Crippen MR) is 66.4 cm³/mol. The molecule has 0 spiro atoms. The van der Waals surface area contributed by atoms with Crippen molar-refractivity contribution in [3.63, 3.8) is 0 Å². The molecule has 0 aliphatic heterocycles. The second kappa shape index (κ2) is 5.21. The van der Waals surface area contributed by atoms with Crippen LogP contribution in [0.25, 0.3) is 0 Å². The molecule has 1 aromatic carbocycles. The number of hydrogen-bond acceptors (Lipinski definition) is 3. The minimum atomic E-state index is -2.55. The van der Waals surface area contributed by atoms with E-state index in [1.165, 1.54) is 6.07 Å². The molecule has 2 rings (SSSR count). The zero-order valence-electron chi connectivity index (χ0n) is 9.94. The van der Waals surface area contributed by atoms with E-state index >= 15 is 0 Å². The van der Waals surface area contributed by atoms with Crippen molar-refractivity contribution in [1.29, 1.82) is 5.26 Å². The summed E-state index contributed by atoms with van der Waals surface area (Å²) in [6, 6.07) is 6.93. The smallest absolute Gasteiger partial charge is 0.265 e. The average Bonchev–Trinajstić information content (AvgIpc) is 3.15. The molecule has 1 saturated carbocycles. The number of benzene rings is 1. The van der Waals surface area contributed by atoms with Crippen molar-refractivity contribution < 1.29 is 8.78 Å². The van der Waals surface area contributed by atoms with E-state index in [9.17, 15) is 8.78 Å². The summed E-state index contributed by atoms with van der Waals surface area (Å²) in [5.41, 5.74) is 6.36. The van der Waals surface area contributed by atoms with Crippen LogP contribution in [0.2, 0.25) is 0 Å². The van der Waals surface area contributed by atoms with E-state index in [0.29, 0.717) is 30.4 Å². The fourth-order valence-corrected chi connectivity index (χ4v) is 2.07. The number of hydrogen-bond donors (Lipinski definition) is 1. The van der Waals surface area contributed by atoms with Crippen molar-refractivity contribution in [3.8, 4) is 6.07 Å². The molecule has 1 aliphatic carbocycles. The van der Waals surface area contributed by atoms with Crippen LogP contribution in [-0.2, 0) is 0 Å². The fourth-order valence-electron chi connectivity index (χ4n) is 2.07. The maximum Gasteiger partial charge on any atom is 0.265 e. The zero-order chi connectivity index (χ0) is 13.1. The first-order chi connectivity index (χ1) is 8.63. The first-order valence-electron chi connectivity index (χ1n) is 5.94. The minimum Gasteiger partial charge on any atom is -0.399 e. The molecular weight excluding hydrogens is 236 g/mol. The van der Waals surface area contributed by atoms with E-state index in [2.05, 4.69) is 6.07 Å². The molecule has 0 aromatic heterocycles. The Bertz CT molecular complexity index is 464. The third kappa shape index (κ3) is 2.70. The lowest BCUT2D eigenvalue weighted by Crippen LogP contribution is -2.27. The summed E-state index contributed by atoms with van der Waals surface area (Å²) >= 11 is 0. The number of nitrogens with zero attached hydrogens (tertiary/aromatic N) is 2. The van der Waals surface area contributed by atoms with Crippen LogP contribution in [0.5, 0.6) is 0 Å². The van der Waals surface area contributed by atoms with E-state index in [-0.39, 0.29) is 5.56 Å². The van der Waals surface area contributed by atoms with Gasteiger partial charge in [0.15, 0.2) is 0 Å². The molecule has 0 heterocycles. The predicted octanol–water partition coefficient (Wildman–Crippen LogP) is 3.09. The Hall–Kier alpha value is -1.83. The molecule has 1 aliphatic rings. The highest BCUT2D eigenvalue weighted by Gasteiger charge is 2.31. The number of rotatable bonds is 5. The van der Waals surface area contributed by atoms with Crippen LogP contribution in [0.3, 0.4) is 0 Å². The molecule has 0 amide bonds. The maximum atomic E-state index is 13.0. The minimum absolute atomic E-state index is 0.0418. The Labute approximate surface area is 105 Å². The van der Waals surface area contributed by atoms with Crippen molar-refractivity contribution in [3.05, 3.63) is 23.8 Å². The summed E-state index contributed by atoms with van der Waals surface area (Å²) in [6.45, 7) is 0.491. The lowest BCUT2D eigenvalue weighted by molar-refractivity contribution is 0.152. The molecule has 0 unspecified atom stereocenters. The first-order valence-corrected chi connectivity index (χ1v) is 5.94. The number of nitrogens with two attached hydrogens (primary N) is 1. The van der Waals surface area contributed by atoms with Crippen molar-refractivity contribution in [1.82, 2.24) is 0 Å². The normalized spacial score (nSPS) is 14.6. The summed E-state index contributed by atoms with van der Waals surface area (Å²) in [7, 11) is 0. The number of anilines is 2. The maximum absolute atomic E-state index is 13.0. The molecule has 0 radical (unpaired) electrons. The van der Waals surface area contributed by atoms with Crippen LogP contribution in [0, 0.1) is 11.3 Å². The van der Waals surface area contributed by atoms with E-state index in [1.807, 2.05) is 4.90 Å². The van der Waals surface area contributed by atoms with Gasteiger partial charge in [0.05, 0.1) is 12.5 Å². The van der Waals surface area contributed by atoms with Gasteiger partial charge in [-0.1, -0.05) is 0 Å². The third-order valence-corrected chi connectivity index (χ3v) is 3.05. The van der Waals surface area contributed by atoms with Gasteiger partial charge in [-0.15, -0.1) is 0 Å². The van der Waals surface area contributed by atoms with Gasteiger partial charge in [-0.25, -0.2) is 8.78 Å². The summed E-state index contributed by atoms with van der Waals surface area (Å²) in [4.78, 5) is 1.91. The highest BCUT2D eigenvalue weighted by atomic mass is 19.3. The molecule has 2 N–H and O–H groups in total. The second-order valence-electron chi connectivity index (χ2n) is 4.45. The number of nitrogen functional groups attached to an aromatic ring is 1. The van der Waals surface area contributed by atoms with Crippen LogP contribution < -0.4 is 10.6 Å². The topological polar surface area (TPSA) is 53.0 Å². The quantitative estimate of drug-likeness (QED) is 0.818. The van der Waals surface area contributed by atoms with Gasteiger partial charge >= 0.3 is 0 Å². The molecule has 0 bridgehead atoms. The van der Waals surface area contributed by atoms with Gasteiger partial charge in [-0.05, 0) is 31.0 Å². The lowest BCUT2D eigenvalue weighted by atomic mass is 10.1. The van der Waals surface area contributed by atoms with Gasteiger partial charge < -0.3 is 10.6 Å². The van der Waals surface area contributed by atoms with E-state index < -0.39 is 6.43 Å². The first kappa shape index (κ1) is 12.6. The molecule has 96 valence electrons. The van der Waals surface area contributed by atoms with Crippen molar-refractivity contribution in [2.75, 3.05) is 17.2 Å². The van der Waals surface area contributed by atoms with Crippen LogP contribution in [-0.4, -0.2) is 12.6 Å². The van der Waals surface area contributed by atoms with E-state index in [0.717, 1.165) is 12.8 Å². The van der Waals surface area contributed by atoms with Gasteiger partial charge in [0.1, 0.15) is 0 Å². The lowest BCUT2D eigenvalue weighted by Gasteiger charge is -2.26. The molecule has 5 heteroatoms. The largest absolute Gasteiger partial charge is 0.399 e. The van der Waals surface area contributed by atoms with Crippen LogP contribution in [0.15, 0.2) is 18.2 Å². The second-order valence-corrected chi connectivity index (χ2v) is 4.45. The Morgan fingerprint density at radius 2 is 2.17 bits per heavy atom. The fraction of sp³-hybridized carbons (Fsp3) is 0.462. The van der Waals surface area contributed by atoms with Crippen molar-refractivity contribution in [2.24, 2.45) is 0 Å². The van der Waals surface area contributed by atoms with Gasteiger partial charge in [-0.3, -0.25) is 0 Å². The summed E-state index contributed by atoms with van der Waals surface area (Å²) in [6.07, 6.45) is -0.215. The van der Waals surface area contributed by atoms with Gasteiger partial charge in [0, 0.05) is 29.5 Å². The summed E-state index contributed by atoms with van der Waals surface area (Å²) < 4.78 is 26.1. The van der Waals surface area contributed by atoms with E-state index in [1.54, 1.807) is 12.1 Å². The highest BCUT2D eigenvalue weighted by molar-refractivity contribution is 5.61. The van der Waals surface area contributed by atoms with Crippen LogP contribution in [0.1, 0.15) is 31.3 Å². The molecule has 18 heavy (non-hydrogen) atoms. The van der Waals surface area contributed by atoms with Crippen LogP contribution >= 0.6 is 0 Å². The third-order valence-electron chi connectivity index (χ3n) is 3.05. The van der Waals surface area contributed by atoms with Gasteiger partial charge in [0.2, 0.25) is 0 Å². The number of halogens is 2. The molecule has 1 aromatic rings. The van der Waals surface area contributed by atoms with Gasteiger partial charge in [-0.2, -0.15) is 5.26 Å². The molecule has 0 atom stereocenters. The number of alkyl halides is 2. The number of nitriles is 1. The highest BCUT2D eigenvalue weighted by Crippen LogP contribution is 2.38.